The van der Waals surface area contributed by atoms with Gasteiger partial charge in [0.05, 0.1) is 12.1 Å². The third-order valence-electron chi connectivity index (χ3n) is 5.10. The van der Waals surface area contributed by atoms with Crippen molar-refractivity contribution in [2.45, 2.75) is 12.5 Å². The predicted molar refractivity (Wildman–Crippen MR) is 108 cm³/mol. The summed E-state index contributed by atoms with van der Waals surface area (Å²) in [6, 6.07) is 13.5. The summed E-state index contributed by atoms with van der Waals surface area (Å²) in [4.78, 5) is 12.9. The van der Waals surface area contributed by atoms with Crippen LogP contribution in [0.15, 0.2) is 60.9 Å². The van der Waals surface area contributed by atoms with E-state index in [-0.39, 0.29) is 30.2 Å². The van der Waals surface area contributed by atoms with Crippen LogP contribution in [0.1, 0.15) is 17.0 Å². The van der Waals surface area contributed by atoms with E-state index in [0.717, 1.165) is 17.7 Å². The Hall–Kier alpha value is -3.19. The lowest BCUT2D eigenvalue weighted by atomic mass is 9.90. The van der Waals surface area contributed by atoms with Crippen LogP contribution in [0.2, 0.25) is 0 Å². The monoisotopic (exact) mass is 394 g/mol. The molecule has 1 aromatic heterocycles. The summed E-state index contributed by atoms with van der Waals surface area (Å²) in [5, 5.41) is 10.5. The number of benzene rings is 2. The van der Waals surface area contributed by atoms with Crippen LogP contribution >= 0.6 is 0 Å². The molecule has 0 bridgehead atoms. The van der Waals surface area contributed by atoms with E-state index in [1.165, 1.54) is 12.1 Å². The number of anilines is 1. The van der Waals surface area contributed by atoms with Crippen molar-refractivity contribution in [2.24, 2.45) is 13.0 Å². The zero-order valence-electron chi connectivity index (χ0n) is 16.1. The van der Waals surface area contributed by atoms with Crippen LogP contribution in [0.5, 0.6) is 5.75 Å². The molecule has 1 aliphatic rings. The first-order valence-electron chi connectivity index (χ1n) is 9.56. The highest BCUT2D eigenvalue weighted by atomic mass is 19.1. The normalized spacial score (nSPS) is 18.6. The number of aromatic nitrogens is 2. The number of carbonyl (C=O) groups excluding carboxylic acids is 1. The first-order valence-corrected chi connectivity index (χ1v) is 9.56. The standard InChI is InChI=1S/C22H23FN4O2/c1-27-13-16(10-25-27)20-11-24-12-21(20)22(28)26-18-6-3-7-19(9-18)29-14-15-4-2-5-17(23)8-15/h2-10,13,20-21,24H,11-12,14H2,1H3,(H,26,28)/t20-,21+/m1/s1. The second-order valence-electron chi connectivity index (χ2n) is 7.25. The van der Waals surface area contributed by atoms with Crippen molar-refractivity contribution in [3.05, 3.63) is 77.9 Å². The molecule has 150 valence electrons. The molecule has 1 aliphatic heterocycles. The minimum absolute atomic E-state index is 0.0360. The molecule has 0 radical (unpaired) electrons. The molecular formula is C22H23FN4O2. The van der Waals surface area contributed by atoms with Gasteiger partial charge in [-0.15, -0.1) is 0 Å². The van der Waals surface area contributed by atoms with Crippen molar-refractivity contribution < 1.29 is 13.9 Å². The van der Waals surface area contributed by atoms with E-state index in [4.69, 9.17) is 4.74 Å². The molecule has 0 unspecified atom stereocenters. The molecule has 1 fully saturated rings. The Morgan fingerprint density at radius 3 is 2.93 bits per heavy atom. The summed E-state index contributed by atoms with van der Waals surface area (Å²) in [6.45, 7) is 1.63. The molecule has 0 saturated carbocycles. The molecule has 3 aromatic rings. The van der Waals surface area contributed by atoms with Gasteiger partial charge in [0.1, 0.15) is 18.2 Å². The Bertz CT molecular complexity index is 1000. The molecule has 6 nitrogen and oxygen atoms in total. The molecule has 2 aromatic carbocycles. The SMILES string of the molecule is Cn1cc([C@H]2CNC[C@@H]2C(=O)Nc2cccc(OCc3cccc(F)c3)c2)cn1. The Morgan fingerprint density at radius 2 is 2.14 bits per heavy atom. The van der Waals surface area contributed by atoms with Gasteiger partial charge in [0, 0.05) is 44.0 Å². The molecule has 1 saturated heterocycles. The van der Waals surface area contributed by atoms with Crippen molar-refractivity contribution >= 4 is 11.6 Å². The minimum Gasteiger partial charge on any atom is -0.489 e. The molecule has 2 atom stereocenters. The quantitative estimate of drug-likeness (QED) is 0.674. The Morgan fingerprint density at radius 1 is 1.28 bits per heavy atom. The Kier molecular flexibility index (Phi) is 5.57. The third kappa shape index (κ3) is 4.63. The fourth-order valence-electron chi connectivity index (χ4n) is 3.63. The van der Waals surface area contributed by atoms with Gasteiger partial charge < -0.3 is 15.4 Å². The lowest BCUT2D eigenvalue weighted by Crippen LogP contribution is -2.28. The fourth-order valence-corrected chi connectivity index (χ4v) is 3.63. The van der Waals surface area contributed by atoms with Crippen LogP contribution in [0.3, 0.4) is 0 Å². The number of amides is 1. The first kappa shape index (κ1) is 19.1. The maximum absolute atomic E-state index is 13.3. The number of hydrogen-bond donors (Lipinski definition) is 2. The van der Waals surface area contributed by atoms with Crippen molar-refractivity contribution in [3.63, 3.8) is 0 Å². The van der Waals surface area contributed by atoms with Crippen LogP contribution in [0.4, 0.5) is 10.1 Å². The summed E-state index contributed by atoms with van der Waals surface area (Å²) in [5.41, 5.74) is 2.48. The summed E-state index contributed by atoms with van der Waals surface area (Å²) in [7, 11) is 1.87. The second kappa shape index (κ2) is 8.45. The highest BCUT2D eigenvalue weighted by Crippen LogP contribution is 2.29. The van der Waals surface area contributed by atoms with E-state index >= 15 is 0 Å². The van der Waals surface area contributed by atoms with Crippen molar-refractivity contribution in [2.75, 3.05) is 18.4 Å². The zero-order chi connectivity index (χ0) is 20.2. The van der Waals surface area contributed by atoms with Gasteiger partial charge in [-0.25, -0.2) is 4.39 Å². The van der Waals surface area contributed by atoms with Gasteiger partial charge >= 0.3 is 0 Å². The van der Waals surface area contributed by atoms with E-state index in [2.05, 4.69) is 15.7 Å². The van der Waals surface area contributed by atoms with Crippen molar-refractivity contribution in [1.82, 2.24) is 15.1 Å². The Labute approximate surface area is 168 Å². The smallest absolute Gasteiger partial charge is 0.229 e. The average molecular weight is 394 g/mol. The van der Waals surface area contributed by atoms with Crippen LogP contribution in [-0.4, -0.2) is 28.8 Å². The second-order valence-corrected chi connectivity index (χ2v) is 7.25. The van der Waals surface area contributed by atoms with Gasteiger partial charge in [0.15, 0.2) is 0 Å². The first-order chi connectivity index (χ1) is 14.1. The third-order valence-corrected chi connectivity index (χ3v) is 5.10. The summed E-state index contributed by atoms with van der Waals surface area (Å²) in [5.74, 6) is 0.208. The highest BCUT2D eigenvalue weighted by Gasteiger charge is 2.34. The van der Waals surface area contributed by atoms with Crippen LogP contribution < -0.4 is 15.4 Å². The van der Waals surface area contributed by atoms with Crippen LogP contribution in [0, 0.1) is 11.7 Å². The molecule has 7 heteroatoms. The van der Waals surface area contributed by atoms with E-state index in [1.807, 2.05) is 37.6 Å². The van der Waals surface area contributed by atoms with Crippen molar-refractivity contribution in [1.29, 1.82) is 0 Å². The topological polar surface area (TPSA) is 68.2 Å². The van der Waals surface area contributed by atoms with E-state index in [1.54, 1.807) is 22.9 Å². The fraction of sp³-hybridized carbons (Fsp3) is 0.273. The molecular weight excluding hydrogens is 371 g/mol. The maximum Gasteiger partial charge on any atom is 0.229 e. The number of halogens is 1. The number of ether oxygens (including phenoxy) is 1. The molecule has 1 amide bonds. The van der Waals surface area contributed by atoms with Gasteiger partial charge in [0.2, 0.25) is 5.91 Å². The largest absolute Gasteiger partial charge is 0.489 e. The van der Waals surface area contributed by atoms with Crippen molar-refractivity contribution in [3.8, 4) is 5.75 Å². The lowest BCUT2D eigenvalue weighted by molar-refractivity contribution is -0.119. The molecule has 4 rings (SSSR count). The lowest BCUT2D eigenvalue weighted by Gasteiger charge is -2.17. The highest BCUT2D eigenvalue weighted by molar-refractivity contribution is 5.93. The number of carbonyl (C=O) groups is 1. The van der Waals surface area contributed by atoms with Gasteiger partial charge in [-0.1, -0.05) is 18.2 Å². The molecule has 2 N–H and O–H groups in total. The summed E-state index contributed by atoms with van der Waals surface area (Å²) >= 11 is 0. The van der Waals surface area contributed by atoms with E-state index in [9.17, 15) is 9.18 Å². The molecule has 0 aliphatic carbocycles. The Balaban J connectivity index is 1.40. The predicted octanol–water partition coefficient (Wildman–Crippen LogP) is 3.08. The molecule has 29 heavy (non-hydrogen) atoms. The van der Waals surface area contributed by atoms with Gasteiger partial charge in [-0.2, -0.15) is 5.10 Å². The van der Waals surface area contributed by atoms with E-state index in [0.29, 0.717) is 18.0 Å². The number of hydrogen-bond acceptors (Lipinski definition) is 4. The molecule has 0 spiro atoms. The van der Waals surface area contributed by atoms with Gasteiger partial charge in [-0.3, -0.25) is 9.48 Å². The van der Waals surface area contributed by atoms with Crippen LogP contribution in [-0.2, 0) is 18.4 Å². The minimum atomic E-state index is -0.291. The summed E-state index contributed by atoms with van der Waals surface area (Å²) in [6.07, 6.45) is 3.78. The number of aryl methyl sites for hydroxylation is 1. The van der Waals surface area contributed by atoms with Gasteiger partial charge in [-0.05, 0) is 35.4 Å². The van der Waals surface area contributed by atoms with Crippen LogP contribution in [0.25, 0.3) is 0 Å². The summed E-state index contributed by atoms with van der Waals surface area (Å²) < 4.78 is 20.8. The number of nitrogens with zero attached hydrogens (tertiary/aromatic N) is 2. The van der Waals surface area contributed by atoms with Gasteiger partial charge in [0.25, 0.3) is 0 Å². The maximum atomic E-state index is 13.3. The van der Waals surface area contributed by atoms with E-state index < -0.39 is 0 Å². The molecule has 2 heterocycles. The zero-order valence-corrected chi connectivity index (χ0v) is 16.1. The number of rotatable bonds is 6. The average Bonchev–Trinajstić information content (AvgIpc) is 3.35. The number of nitrogens with one attached hydrogen (secondary N) is 2.